The molecule has 0 bridgehead atoms. The predicted octanol–water partition coefficient (Wildman–Crippen LogP) is 2.45. The topological polar surface area (TPSA) is 32.5 Å². The number of hydrogen-bond acceptors (Lipinski definition) is 3. The van der Waals surface area contributed by atoms with E-state index in [-0.39, 0.29) is 5.54 Å². The molecule has 0 aromatic rings. The summed E-state index contributed by atoms with van der Waals surface area (Å²) >= 11 is 0. The van der Waals surface area contributed by atoms with Crippen molar-refractivity contribution in [3.8, 4) is 0 Å². The second kappa shape index (κ2) is 5.94. The zero-order chi connectivity index (χ0) is 14.2. The Kier molecular flexibility index (Phi) is 4.40. The first-order valence-corrected chi connectivity index (χ1v) is 8.85. The van der Waals surface area contributed by atoms with Crippen LogP contribution in [0.25, 0.3) is 0 Å². The molecule has 3 rings (SSSR count). The molecule has 2 N–H and O–H groups in total. The van der Waals surface area contributed by atoms with E-state index < -0.39 is 0 Å². The van der Waals surface area contributed by atoms with Crippen molar-refractivity contribution in [1.29, 1.82) is 0 Å². The maximum Gasteiger partial charge on any atom is 0.0473 e. The van der Waals surface area contributed by atoms with Crippen LogP contribution in [0.5, 0.6) is 0 Å². The van der Waals surface area contributed by atoms with Crippen LogP contribution in [0.2, 0.25) is 0 Å². The summed E-state index contributed by atoms with van der Waals surface area (Å²) in [6.07, 6.45) is 9.79. The molecule has 0 amide bonds. The fourth-order valence-corrected chi connectivity index (χ4v) is 4.50. The summed E-state index contributed by atoms with van der Waals surface area (Å²) in [6.45, 7) is 9.32. The Morgan fingerprint density at radius 3 is 2.45 bits per heavy atom. The number of nitrogens with zero attached hydrogens (tertiary/aromatic N) is 2. The summed E-state index contributed by atoms with van der Waals surface area (Å²) in [5, 5.41) is 0. The highest BCUT2D eigenvalue weighted by Gasteiger charge is 2.47. The van der Waals surface area contributed by atoms with Gasteiger partial charge in [0, 0.05) is 43.8 Å². The highest BCUT2D eigenvalue weighted by Crippen LogP contribution is 2.39. The Labute approximate surface area is 124 Å². The lowest BCUT2D eigenvalue weighted by Gasteiger charge is -2.45. The molecule has 1 heterocycles. The second-order valence-electron chi connectivity index (χ2n) is 7.86. The average molecular weight is 279 g/mol. The highest BCUT2D eigenvalue weighted by molar-refractivity contribution is 5.05. The van der Waals surface area contributed by atoms with Crippen LogP contribution >= 0.6 is 0 Å². The van der Waals surface area contributed by atoms with Gasteiger partial charge in [-0.25, -0.2) is 0 Å². The molecule has 0 aromatic carbocycles. The van der Waals surface area contributed by atoms with Crippen molar-refractivity contribution in [2.45, 2.75) is 76.4 Å². The molecule has 1 atom stereocenters. The van der Waals surface area contributed by atoms with Crippen LogP contribution in [-0.4, -0.2) is 53.6 Å². The van der Waals surface area contributed by atoms with Crippen LogP contribution in [0.3, 0.4) is 0 Å². The molecule has 116 valence electrons. The zero-order valence-corrected chi connectivity index (χ0v) is 13.5. The van der Waals surface area contributed by atoms with Gasteiger partial charge < -0.3 is 5.73 Å². The van der Waals surface area contributed by atoms with Crippen molar-refractivity contribution in [3.05, 3.63) is 0 Å². The monoisotopic (exact) mass is 279 g/mol. The van der Waals surface area contributed by atoms with Crippen LogP contribution < -0.4 is 5.73 Å². The van der Waals surface area contributed by atoms with Crippen LogP contribution in [0.1, 0.15) is 58.8 Å². The Hall–Kier alpha value is -0.120. The molecule has 1 unspecified atom stereocenters. The van der Waals surface area contributed by atoms with Gasteiger partial charge in [-0.05, 0) is 38.0 Å². The number of hydrogen-bond donors (Lipinski definition) is 1. The SMILES string of the molecule is CC(C)CN(C1CCCC1)C1(CN)CCN(C2CC2)C1. The van der Waals surface area contributed by atoms with Crippen molar-refractivity contribution < 1.29 is 0 Å². The Bertz CT molecular complexity index is 320. The summed E-state index contributed by atoms with van der Waals surface area (Å²) in [7, 11) is 0. The molecule has 3 heteroatoms. The quantitative estimate of drug-likeness (QED) is 0.810. The van der Waals surface area contributed by atoms with Gasteiger partial charge in [0.1, 0.15) is 0 Å². The first kappa shape index (κ1) is 14.8. The molecule has 20 heavy (non-hydrogen) atoms. The van der Waals surface area contributed by atoms with E-state index in [4.69, 9.17) is 5.73 Å². The van der Waals surface area contributed by atoms with E-state index in [1.54, 1.807) is 0 Å². The van der Waals surface area contributed by atoms with E-state index in [0.29, 0.717) is 0 Å². The first-order valence-electron chi connectivity index (χ1n) is 8.85. The van der Waals surface area contributed by atoms with Gasteiger partial charge in [-0.3, -0.25) is 9.80 Å². The van der Waals surface area contributed by atoms with E-state index in [0.717, 1.165) is 24.5 Å². The summed E-state index contributed by atoms with van der Waals surface area (Å²) < 4.78 is 0. The minimum absolute atomic E-state index is 0.280. The van der Waals surface area contributed by atoms with Crippen molar-refractivity contribution >= 4 is 0 Å². The van der Waals surface area contributed by atoms with Gasteiger partial charge in [-0.15, -0.1) is 0 Å². The third kappa shape index (κ3) is 2.90. The predicted molar refractivity (Wildman–Crippen MR) is 84.8 cm³/mol. The minimum Gasteiger partial charge on any atom is -0.329 e. The third-order valence-corrected chi connectivity index (χ3v) is 5.74. The average Bonchev–Trinajstić information content (AvgIpc) is 2.99. The van der Waals surface area contributed by atoms with Crippen molar-refractivity contribution in [1.82, 2.24) is 9.80 Å². The molecule has 3 fully saturated rings. The van der Waals surface area contributed by atoms with E-state index in [1.165, 1.54) is 64.6 Å². The number of nitrogens with two attached hydrogens (primary N) is 1. The molecule has 0 aromatic heterocycles. The summed E-state index contributed by atoms with van der Waals surface area (Å²) in [5.74, 6) is 0.744. The largest absolute Gasteiger partial charge is 0.329 e. The molecular weight excluding hydrogens is 246 g/mol. The maximum absolute atomic E-state index is 6.33. The Balaban J connectivity index is 1.75. The smallest absolute Gasteiger partial charge is 0.0473 e. The van der Waals surface area contributed by atoms with Crippen molar-refractivity contribution in [3.63, 3.8) is 0 Å². The Morgan fingerprint density at radius 2 is 1.90 bits per heavy atom. The van der Waals surface area contributed by atoms with E-state index in [1.807, 2.05) is 0 Å². The van der Waals surface area contributed by atoms with Crippen LogP contribution in [0.4, 0.5) is 0 Å². The second-order valence-corrected chi connectivity index (χ2v) is 7.86. The number of likely N-dealkylation sites (tertiary alicyclic amines) is 1. The van der Waals surface area contributed by atoms with Gasteiger partial charge >= 0.3 is 0 Å². The van der Waals surface area contributed by atoms with E-state index in [2.05, 4.69) is 23.6 Å². The third-order valence-electron chi connectivity index (χ3n) is 5.74. The van der Waals surface area contributed by atoms with Gasteiger partial charge in [-0.1, -0.05) is 26.7 Å². The van der Waals surface area contributed by atoms with Gasteiger partial charge in [-0.2, -0.15) is 0 Å². The molecule has 1 saturated heterocycles. The highest BCUT2D eigenvalue weighted by atomic mass is 15.3. The van der Waals surface area contributed by atoms with Crippen LogP contribution in [0, 0.1) is 5.92 Å². The van der Waals surface area contributed by atoms with Gasteiger partial charge in [0.15, 0.2) is 0 Å². The fraction of sp³-hybridized carbons (Fsp3) is 1.00. The normalized spacial score (nSPS) is 32.9. The molecule has 3 nitrogen and oxygen atoms in total. The standard InChI is InChI=1S/C17H33N3/c1-14(2)11-20(16-5-3-4-6-16)17(12-18)9-10-19(13-17)15-7-8-15/h14-16H,3-13,18H2,1-2H3. The zero-order valence-electron chi connectivity index (χ0n) is 13.5. The van der Waals surface area contributed by atoms with Crippen LogP contribution in [0.15, 0.2) is 0 Å². The molecule has 0 radical (unpaired) electrons. The summed E-state index contributed by atoms with van der Waals surface area (Å²) in [5.41, 5.74) is 6.61. The first-order chi connectivity index (χ1) is 9.64. The lowest BCUT2D eigenvalue weighted by atomic mass is 9.92. The summed E-state index contributed by atoms with van der Waals surface area (Å²) in [4.78, 5) is 5.59. The lowest BCUT2D eigenvalue weighted by Crippen LogP contribution is -2.59. The lowest BCUT2D eigenvalue weighted by molar-refractivity contribution is 0.0424. The molecule has 2 aliphatic carbocycles. The Morgan fingerprint density at radius 1 is 1.20 bits per heavy atom. The number of rotatable bonds is 6. The molecule has 3 aliphatic rings. The van der Waals surface area contributed by atoms with Crippen molar-refractivity contribution in [2.75, 3.05) is 26.2 Å². The molecular formula is C17H33N3. The van der Waals surface area contributed by atoms with Gasteiger partial charge in [0.2, 0.25) is 0 Å². The van der Waals surface area contributed by atoms with Crippen molar-refractivity contribution in [2.24, 2.45) is 11.7 Å². The molecule has 2 saturated carbocycles. The fourth-order valence-electron chi connectivity index (χ4n) is 4.50. The molecule has 1 aliphatic heterocycles. The molecule has 0 spiro atoms. The van der Waals surface area contributed by atoms with E-state index >= 15 is 0 Å². The van der Waals surface area contributed by atoms with E-state index in [9.17, 15) is 0 Å². The van der Waals surface area contributed by atoms with Gasteiger partial charge in [0.25, 0.3) is 0 Å². The maximum atomic E-state index is 6.33. The summed E-state index contributed by atoms with van der Waals surface area (Å²) in [6, 6.07) is 1.70. The van der Waals surface area contributed by atoms with Crippen LogP contribution in [-0.2, 0) is 0 Å². The minimum atomic E-state index is 0.280. The van der Waals surface area contributed by atoms with Gasteiger partial charge in [0.05, 0.1) is 0 Å².